The van der Waals surface area contributed by atoms with Gasteiger partial charge in [0.15, 0.2) is 0 Å². The molecule has 1 aliphatic rings. The molecule has 1 fully saturated rings. The third kappa shape index (κ3) is 8.86. The topological polar surface area (TPSA) is 176 Å². The van der Waals surface area contributed by atoms with Crippen LogP contribution in [-0.4, -0.2) is 57.7 Å². The third-order valence-electron chi connectivity index (χ3n) is 4.70. The molecule has 1 aliphatic heterocycles. The summed E-state index contributed by atoms with van der Waals surface area (Å²) < 4.78 is 51.8. The smallest absolute Gasteiger partial charge is 0.369 e. The monoisotopic (exact) mass is 514 g/mol. The first-order chi connectivity index (χ1) is 15.5. The Hall–Kier alpha value is -1.14. The average molecular weight is 514 g/mol. The third-order valence-corrected chi connectivity index (χ3v) is 6.81. The molecule has 0 amide bonds. The van der Waals surface area contributed by atoms with Gasteiger partial charge in [0.1, 0.15) is 24.8 Å². The number of hydrogen-bond acceptors (Lipinski definition) is 9. The maximum Gasteiger partial charge on any atom is 0.472 e. The van der Waals surface area contributed by atoms with E-state index in [0.29, 0.717) is 12.8 Å². The zero-order valence-electron chi connectivity index (χ0n) is 18.9. The van der Waals surface area contributed by atoms with Crippen molar-refractivity contribution in [1.82, 2.24) is 9.55 Å². The summed E-state index contributed by atoms with van der Waals surface area (Å²) in [5.41, 5.74) is -1.05. The highest BCUT2D eigenvalue weighted by atomic mass is 31.2. The van der Waals surface area contributed by atoms with Crippen molar-refractivity contribution in [2.75, 3.05) is 26.2 Å². The number of nitrogens with one attached hydrogen (secondary N) is 1. The Balaban J connectivity index is 2.17. The quantitative estimate of drug-likeness (QED) is 0.245. The van der Waals surface area contributed by atoms with Gasteiger partial charge in [-0.3, -0.25) is 28.0 Å². The fourth-order valence-corrected chi connectivity index (χ4v) is 4.81. The molecule has 1 aromatic rings. The Morgan fingerprint density at radius 1 is 1.18 bits per heavy atom. The molecule has 0 aromatic carbocycles. The Morgan fingerprint density at radius 3 is 2.58 bits per heavy atom. The zero-order valence-corrected chi connectivity index (χ0v) is 20.7. The molecule has 3 unspecified atom stereocenters. The van der Waals surface area contributed by atoms with Gasteiger partial charge in [-0.05, 0) is 19.8 Å². The fraction of sp³-hybridized carbons (Fsp3) is 0.778. The lowest BCUT2D eigenvalue weighted by Gasteiger charge is -2.22. The highest BCUT2D eigenvalue weighted by Crippen LogP contribution is 2.49. The lowest BCUT2D eigenvalue weighted by molar-refractivity contribution is -0.0439. The number of H-pyrrole nitrogens is 1. The van der Waals surface area contributed by atoms with Crippen molar-refractivity contribution in [3.8, 4) is 0 Å². The minimum Gasteiger partial charge on any atom is -0.369 e. The van der Waals surface area contributed by atoms with Crippen molar-refractivity contribution in [3.05, 3.63) is 32.6 Å². The van der Waals surface area contributed by atoms with Crippen LogP contribution in [0.3, 0.4) is 0 Å². The number of ether oxygens (including phenoxy) is 2. The normalized spacial score (nSPS) is 24.5. The second-order valence-electron chi connectivity index (χ2n) is 7.61. The molecular weight excluding hydrogens is 482 g/mol. The number of unbranched alkanes of at least 4 members (excludes halogenated alkanes) is 1. The summed E-state index contributed by atoms with van der Waals surface area (Å²) >= 11 is 0. The predicted octanol–water partition coefficient (Wildman–Crippen LogP) is 2.02. The molecule has 2 rings (SSSR count). The molecule has 33 heavy (non-hydrogen) atoms. The summed E-state index contributed by atoms with van der Waals surface area (Å²) in [5.74, 6) is 0. The van der Waals surface area contributed by atoms with E-state index in [1.165, 1.54) is 13.1 Å². The van der Waals surface area contributed by atoms with E-state index in [4.69, 9.17) is 23.0 Å². The van der Waals surface area contributed by atoms with Gasteiger partial charge >= 0.3 is 21.1 Å². The number of nitrogens with zero attached hydrogens (tertiary/aromatic N) is 1. The second-order valence-corrected chi connectivity index (χ2v) is 10.8. The SMILES string of the molecule is CCCCOP(=O)(O)OC1C[C@H](n2cc(C)c(=O)[nH]c2=O)O[C@@H]1COP(=O)(O)COCCC. The highest BCUT2D eigenvalue weighted by molar-refractivity contribution is 7.52. The summed E-state index contributed by atoms with van der Waals surface area (Å²) in [6.07, 6.45) is -0.565. The van der Waals surface area contributed by atoms with Gasteiger partial charge in [0.25, 0.3) is 5.56 Å². The number of aryl methyl sites for hydroxylation is 1. The molecule has 0 saturated carbocycles. The van der Waals surface area contributed by atoms with Gasteiger partial charge in [-0.2, -0.15) is 0 Å². The van der Waals surface area contributed by atoms with Crippen LogP contribution < -0.4 is 11.2 Å². The van der Waals surface area contributed by atoms with Crippen molar-refractivity contribution in [2.24, 2.45) is 0 Å². The first kappa shape index (κ1) is 28.1. The number of hydrogen-bond donors (Lipinski definition) is 3. The van der Waals surface area contributed by atoms with Crippen LogP contribution in [-0.2, 0) is 32.2 Å². The van der Waals surface area contributed by atoms with Crippen LogP contribution in [0.1, 0.15) is 51.3 Å². The van der Waals surface area contributed by atoms with Crippen molar-refractivity contribution < 1.29 is 42.0 Å². The van der Waals surface area contributed by atoms with Crippen LogP contribution in [0.4, 0.5) is 0 Å². The van der Waals surface area contributed by atoms with Crippen LogP contribution in [0.25, 0.3) is 0 Å². The first-order valence-electron chi connectivity index (χ1n) is 10.7. The van der Waals surface area contributed by atoms with Gasteiger partial charge in [0.05, 0.1) is 13.2 Å². The Morgan fingerprint density at radius 2 is 1.91 bits per heavy atom. The first-order valence-corrected chi connectivity index (χ1v) is 13.9. The number of aromatic nitrogens is 2. The van der Waals surface area contributed by atoms with E-state index in [-0.39, 0.29) is 25.2 Å². The predicted molar refractivity (Wildman–Crippen MR) is 117 cm³/mol. The molecular formula is C18H32N2O11P2. The van der Waals surface area contributed by atoms with E-state index in [0.717, 1.165) is 11.0 Å². The van der Waals surface area contributed by atoms with E-state index in [1.807, 2.05) is 13.8 Å². The standard InChI is InChI=1S/C18H32N2O11P2/c1-4-6-8-28-33(25,26)31-14-9-16(20-10-13(3)17(21)19-18(20)22)30-15(14)11-29-32(23,24)12-27-7-5-2/h10,14-16H,4-9,11-12H2,1-3H3,(H,23,24)(H,25,26)(H,19,21,22)/t14?,15-,16-/m1/s1. The van der Waals surface area contributed by atoms with Gasteiger partial charge in [-0.15, -0.1) is 0 Å². The Bertz CT molecular complexity index is 979. The molecule has 1 aromatic heterocycles. The maximum atomic E-state index is 12.3. The Kier molecular flexibility index (Phi) is 10.7. The lowest BCUT2D eigenvalue weighted by atomic mass is 10.2. The summed E-state index contributed by atoms with van der Waals surface area (Å²) in [4.78, 5) is 46.1. The van der Waals surface area contributed by atoms with Crippen LogP contribution in [0.2, 0.25) is 0 Å². The van der Waals surface area contributed by atoms with Crippen molar-refractivity contribution >= 4 is 15.4 Å². The van der Waals surface area contributed by atoms with E-state index in [1.54, 1.807) is 0 Å². The molecule has 0 spiro atoms. The van der Waals surface area contributed by atoms with Gasteiger partial charge in [-0.25, -0.2) is 9.36 Å². The van der Waals surface area contributed by atoms with Crippen LogP contribution in [0.5, 0.6) is 0 Å². The molecule has 0 bridgehead atoms. The van der Waals surface area contributed by atoms with Crippen molar-refractivity contribution in [2.45, 2.75) is 64.9 Å². The highest BCUT2D eigenvalue weighted by Gasteiger charge is 2.43. The molecule has 1 saturated heterocycles. The van der Waals surface area contributed by atoms with E-state index >= 15 is 0 Å². The molecule has 2 heterocycles. The van der Waals surface area contributed by atoms with Gasteiger partial charge in [-0.1, -0.05) is 20.3 Å². The van der Waals surface area contributed by atoms with Gasteiger partial charge < -0.3 is 23.8 Å². The fourth-order valence-electron chi connectivity index (χ4n) is 3.01. The zero-order chi connectivity index (χ0) is 24.6. The lowest BCUT2D eigenvalue weighted by Crippen LogP contribution is -2.33. The number of aromatic amines is 1. The molecule has 15 heteroatoms. The van der Waals surface area contributed by atoms with Crippen LogP contribution in [0, 0.1) is 6.92 Å². The average Bonchev–Trinajstić information content (AvgIpc) is 3.11. The largest absolute Gasteiger partial charge is 0.472 e. The van der Waals surface area contributed by atoms with E-state index in [2.05, 4.69) is 4.98 Å². The summed E-state index contributed by atoms with van der Waals surface area (Å²) in [6.45, 7) is 5.03. The summed E-state index contributed by atoms with van der Waals surface area (Å²) in [7, 11) is -8.61. The molecule has 13 nitrogen and oxygen atoms in total. The number of phosphoric ester groups is 1. The van der Waals surface area contributed by atoms with Crippen LogP contribution >= 0.6 is 15.4 Å². The summed E-state index contributed by atoms with van der Waals surface area (Å²) in [6, 6.07) is 0. The van der Waals surface area contributed by atoms with Crippen molar-refractivity contribution in [1.29, 1.82) is 0 Å². The molecule has 0 aliphatic carbocycles. The molecule has 0 radical (unpaired) electrons. The van der Waals surface area contributed by atoms with Gasteiger partial charge in [0, 0.05) is 24.8 Å². The van der Waals surface area contributed by atoms with E-state index < -0.39 is 58.1 Å². The minimum atomic E-state index is -4.48. The second kappa shape index (κ2) is 12.5. The van der Waals surface area contributed by atoms with Crippen molar-refractivity contribution in [3.63, 3.8) is 0 Å². The maximum absolute atomic E-state index is 12.3. The van der Waals surface area contributed by atoms with Gasteiger partial charge in [0.2, 0.25) is 0 Å². The minimum absolute atomic E-state index is 0.00162. The van der Waals surface area contributed by atoms with Crippen LogP contribution in [0.15, 0.2) is 15.8 Å². The Labute approximate surface area is 191 Å². The molecule has 190 valence electrons. The van der Waals surface area contributed by atoms with E-state index in [9.17, 15) is 28.5 Å². The molecule has 3 N–H and O–H groups in total. The number of phosphoric acid groups is 1. The molecule has 5 atom stereocenters. The number of rotatable bonds is 14. The summed E-state index contributed by atoms with van der Waals surface area (Å²) in [5, 5.41) is 0.